The monoisotopic (exact) mass is 621 g/mol. The Labute approximate surface area is 268 Å². The molecule has 1 amide bonds. The minimum Gasteiger partial charge on any atom is -0.482 e. The molecule has 3 aliphatic heterocycles. The maximum atomic E-state index is 12.6. The van der Waals surface area contributed by atoms with Crippen LogP contribution in [0.15, 0.2) is 72.8 Å². The summed E-state index contributed by atoms with van der Waals surface area (Å²) < 4.78 is 11.8. The van der Waals surface area contributed by atoms with Crippen molar-refractivity contribution in [2.24, 2.45) is 0 Å². The van der Waals surface area contributed by atoms with Gasteiger partial charge < -0.3 is 30.1 Å². The number of benzene rings is 2. The van der Waals surface area contributed by atoms with Crippen molar-refractivity contribution in [3.8, 4) is 34.0 Å². The molecule has 0 saturated carbocycles. The summed E-state index contributed by atoms with van der Waals surface area (Å²) in [6, 6.07) is 22.1. The summed E-state index contributed by atoms with van der Waals surface area (Å²) in [6.07, 6.45) is 2.19. The van der Waals surface area contributed by atoms with E-state index in [0.29, 0.717) is 30.4 Å². The zero-order chi connectivity index (χ0) is 32.5. The summed E-state index contributed by atoms with van der Waals surface area (Å²) in [5, 5.41) is 15.6. The zero-order valence-corrected chi connectivity index (χ0v) is 26.6. The molecule has 0 atom stereocenters. The molecule has 1 saturated heterocycles. The number of anilines is 2. The van der Waals surface area contributed by atoms with Crippen LogP contribution >= 0.6 is 0 Å². The Bertz CT molecular complexity index is 1780. The predicted octanol–water partition coefficient (Wildman–Crippen LogP) is 6.60. The maximum Gasteiger partial charge on any atom is 0.335 e. The number of fused-ring (bicyclic) bond motifs is 2. The van der Waals surface area contributed by atoms with E-state index in [2.05, 4.69) is 20.6 Å². The molecular weight excluding hydrogens is 582 g/mol. The molecular formula is C36H39N5O5. The molecule has 2 aromatic carbocycles. The Hall–Kier alpha value is -5.12. The molecule has 0 radical (unpaired) electrons. The third-order valence-electron chi connectivity index (χ3n) is 8.06. The lowest BCUT2D eigenvalue weighted by atomic mass is 10.1. The first-order valence-electron chi connectivity index (χ1n) is 15.6. The summed E-state index contributed by atoms with van der Waals surface area (Å²) in [5.74, 6) is 2.09. The molecule has 3 aliphatic rings. The summed E-state index contributed by atoms with van der Waals surface area (Å²) in [7, 11) is 0. The lowest BCUT2D eigenvalue weighted by Gasteiger charge is -2.32. The van der Waals surface area contributed by atoms with Gasteiger partial charge in [0.2, 0.25) is 0 Å². The maximum absolute atomic E-state index is 12.6. The molecule has 10 heteroatoms. The first-order chi connectivity index (χ1) is 22.0. The standard InChI is InChI=1S/C20H23N3O2.C16H16N2O3/c1-20(2)13-21-18-17(25-20)9-8-16(22-18)14-6-5-7-15(12-14)19(24)23-10-3-4-11-23;1-16(2)9-17-14-13(21-16)7-6-12(18-14)10-4-3-5-11(8-10)15(19)20/h5-9,12H,3-4,10-11,13H2,1-2H3,(H,21,22);3-8H,9H2,1-2H3,(H,17,18)(H,19,20). The normalized spacial score (nSPS) is 17.0. The van der Waals surface area contributed by atoms with Crippen LogP contribution in [0.1, 0.15) is 61.3 Å². The molecule has 0 aliphatic carbocycles. The van der Waals surface area contributed by atoms with Crippen LogP contribution in [0.5, 0.6) is 11.5 Å². The van der Waals surface area contributed by atoms with Gasteiger partial charge in [-0.15, -0.1) is 0 Å². The molecule has 1 fully saturated rings. The molecule has 3 N–H and O–H groups in total. The summed E-state index contributed by atoms with van der Waals surface area (Å²) in [4.78, 5) is 34.8. The van der Waals surface area contributed by atoms with Crippen molar-refractivity contribution in [3.05, 3.63) is 83.9 Å². The minimum atomic E-state index is -0.946. The average Bonchev–Trinajstić information content (AvgIpc) is 3.59. The Morgan fingerprint density at radius 3 is 1.70 bits per heavy atom. The van der Waals surface area contributed by atoms with E-state index in [-0.39, 0.29) is 22.7 Å². The van der Waals surface area contributed by atoms with Gasteiger partial charge in [0.15, 0.2) is 23.1 Å². The largest absolute Gasteiger partial charge is 0.482 e. The number of pyridine rings is 2. The van der Waals surface area contributed by atoms with Crippen LogP contribution in [0.25, 0.3) is 22.5 Å². The second-order valence-electron chi connectivity index (χ2n) is 13.0. The second kappa shape index (κ2) is 12.3. The van der Waals surface area contributed by atoms with Crippen molar-refractivity contribution in [1.29, 1.82) is 0 Å². The molecule has 0 bridgehead atoms. The number of hydrogen-bond acceptors (Lipinski definition) is 8. The van der Waals surface area contributed by atoms with Crippen LogP contribution in [-0.4, -0.2) is 69.2 Å². The number of aromatic carboxylic acids is 1. The Morgan fingerprint density at radius 2 is 1.20 bits per heavy atom. The van der Waals surface area contributed by atoms with E-state index in [0.717, 1.165) is 59.9 Å². The zero-order valence-electron chi connectivity index (χ0n) is 26.6. The highest BCUT2D eigenvalue weighted by Crippen LogP contribution is 2.35. The van der Waals surface area contributed by atoms with Crippen LogP contribution in [0, 0.1) is 0 Å². The second-order valence-corrected chi connectivity index (χ2v) is 13.0. The van der Waals surface area contributed by atoms with Crippen LogP contribution in [0.3, 0.4) is 0 Å². The van der Waals surface area contributed by atoms with Crippen molar-refractivity contribution >= 4 is 23.5 Å². The van der Waals surface area contributed by atoms with Crippen molar-refractivity contribution in [2.45, 2.75) is 51.7 Å². The molecule has 0 unspecified atom stereocenters. The first kappa shape index (κ1) is 30.9. The van der Waals surface area contributed by atoms with Crippen molar-refractivity contribution in [2.75, 3.05) is 36.8 Å². The number of amides is 1. The lowest BCUT2D eigenvalue weighted by molar-refractivity contribution is 0.0696. The molecule has 0 spiro atoms. The average molecular weight is 622 g/mol. The number of carbonyl (C=O) groups excluding carboxylic acids is 1. The highest BCUT2D eigenvalue weighted by atomic mass is 16.5. The van der Waals surface area contributed by atoms with Gasteiger partial charge in [-0.2, -0.15) is 0 Å². The molecule has 2 aromatic heterocycles. The van der Waals surface area contributed by atoms with Gasteiger partial charge in [0.1, 0.15) is 11.2 Å². The van der Waals surface area contributed by atoms with Gasteiger partial charge in [0.05, 0.1) is 30.0 Å². The fourth-order valence-electron chi connectivity index (χ4n) is 5.62. The van der Waals surface area contributed by atoms with Gasteiger partial charge in [-0.25, -0.2) is 14.8 Å². The smallest absolute Gasteiger partial charge is 0.335 e. The molecule has 238 valence electrons. The number of aromatic nitrogens is 2. The van der Waals surface area contributed by atoms with E-state index in [9.17, 15) is 9.59 Å². The molecule has 7 rings (SSSR count). The van der Waals surface area contributed by atoms with Gasteiger partial charge in [-0.1, -0.05) is 24.3 Å². The Kier molecular flexibility index (Phi) is 8.29. The van der Waals surface area contributed by atoms with Gasteiger partial charge in [-0.05, 0) is 89.1 Å². The molecule has 4 aromatic rings. The summed E-state index contributed by atoms with van der Waals surface area (Å²) >= 11 is 0. The van der Waals surface area contributed by atoms with Gasteiger partial charge in [0, 0.05) is 29.8 Å². The molecule has 5 heterocycles. The van der Waals surface area contributed by atoms with Crippen molar-refractivity contribution < 1.29 is 24.2 Å². The SMILES string of the molecule is CC1(C)CNc2nc(-c3cccc(C(=O)N4CCCC4)c3)ccc2O1.CC1(C)CNc2nc(-c3cccc(C(=O)O)c3)ccc2O1. The van der Waals surface area contributed by atoms with Crippen LogP contribution in [0.2, 0.25) is 0 Å². The number of ether oxygens (including phenoxy) is 2. The Morgan fingerprint density at radius 1 is 0.717 bits per heavy atom. The molecule has 10 nitrogen and oxygen atoms in total. The van der Waals surface area contributed by atoms with Gasteiger partial charge in [-0.3, -0.25) is 4.79 Å². The van der Waals surface area contributed by atoms with Crippen molar-refractivity contribution in [3.63, 3.8) is 0 Å². The van der Waals surface area contributed by atoms with E-state index in [1.807, 2.05) is 87.2 Å². The predicted molar refractivity (Wildman–Crippen MR) is 178 cm³/mol. The quantitative estimate of drug-likeness (QED) is 0.231. The van der Waals surface area contributed by atoms with E-state index in [4.69, 9.17) is 14.6 Å². The molecule has 46 heavy (non-hydrogen) atoms. The number of nitrogens with zero attached hydrogens (tertiary/aromatic N) is 3. The van der Waals surface area contributed by atoms with Crippen LogP contribution in [-0.2, 0) is 0 Å². The lowest BCUT2D eigenvalue weighted by Crippen LogP contribution is -2.40. The number of carboxylic acid groups (broad SMARTS) is 1. The van der Waals surface area contributed by atoms with E-state index in [1.54, 1.807) is 18.2 Å². The fourth-order valence-corrected chi connectivity index (χ4v) is 5.62. The third-order valence-corrected chi connectivity index (χ3v) is 8.06. The highest BCUT2D eigenvalue weighted by Gasteiger charge is 2.28. The fraction of sp³-hybridized carbons (Fsp3) is 0.333. The Balaban J connectivity index is 0.000000164. The van der Waals surface area contributed by atoms with Crippen LogP contribution < -0.4 is 20.1 Å². The number of nitrogens with one attached hydrogen (secondary N) is 2. The number of hydrogen-bond donors (Lipinski definition) is 3. The van der Waals surface area contributed by atoms with E-state index in [1.165, 1.54) is 0 Å². The number of likely N-dealkylation sites (tertiary alicyclic amines) is 1. The highest BCUT2D eigenvalue weighted by molar-refractivity contribution is 5.95. The number of rotatable bonds is 4. The van der Waals surface area contributed by atoms with E-state index < -0.39 is 5.97 Å². The van der Waals surface area contributed by atoms with E-state index >= 15 is 0 Å². The van der Waals surface area contributed by atoms with Gasteiger partial charge in [0.25, 0.3) is 5.91 Å². The van der Waals surface area contributed by atoms with Gasteiger partial charge >= 0.3 is 5.97 Å². The summed E-state index contributed by atoms with van der Waals surface area (Å²) in [6.45, 7) is 11.2. The number of carbonyl (C=O) groups is 2. The van der Waals surface area contributed by atoms with Crippen LogP contribution in [0.4, 0.5) is 11.6 Å². The third kappa shape index (κ3) is 6.91. The summed E-state index contributed by atoms with van der Waals surface area (Å²) in [5.41, 5.74) is 3.74. The first-order valence-corrected chi connectivity index (χ1v) is 15.6. The topological polar surface area (TPSA) is 126 Å². The minimum absolute atomic E-state index is 0.112. The van der Waals surface area contributed by atoms with Crippen molar-refractivity contribution in [1.82, 2.24) is 14.9 Å². The number of carboxylic acids is 1.